The lowest BCUT2D eigenvalue weighted by Crippen LogP contribution is -2.39. The molecular formula is C26H27N3O3S. The van der Waals surface area contributed by atoms with Gasteiger partial charge in [-0.25, -0.2) is 0 Å². The van der Waals surface area contributed by atoms with Gasteiger partial charge in [-0.15, -0.1) is 11.8 Å². The van der Waals surface area contributed by atoms with Crippen molar-refractivity contribution < 1.29 is 14.3 Å². The predicted octanol–water partition coefficient (Wildman–Crippen LogP) is 3.87. The Morgan fingerprint density at radius 1 is 1.03 bits per heavy atom. The molecule has 1 aromatic heterocycles. The van der Waals surface area contributed by atoms with E-state index in [-0.39, 0.29) is 24.5 Å². The van der Waals surface area contributed by atoms with E-state index in [4.69, 9.17) is 4.74 Å². The minimum atomic E-state index is -0.310. The molecule has 1 aliphatic heterocycles. The van der Waals surface area contributed by atoms with E-state index in [1.165, 1.54) is 0 Å². The molecule has 6 nitrogen and oxygen atoms in total. The largest absolute Gasteiger partial charge is 0.370 e. The summed E-state index contributed by atoms with van der Waals surface area (Å²) in [5.74, 6) is -0.243. The van der Waals surface area contributed by atoms with Crippen LogP contribution < -0.4 is 0 Å². The van der Waals surface area contributed by atoms with Crippen LogP contribution in [-0.4, -0.2) is 58.6 Å². The molecule has 2 heterocycles. The second kappa shape index (κ2) is 11.1. The molecule has 0 spiro atoms. The van der Waals surface area contributed by atoms with Gasteiger partial charge in [0.05, 0.1) is 12.7 Å². The monoisotopic (exact) mass is 461 g/mol. The van der Waals surface area contributed by atoms with Gasteiger partial charge in [-0.05, 0) is 47.7 Å². The molecule has 0 bridgehead atoms. The van der Waals surface area contributed by atoms with Gasteiger partial charge in [0, 0.05) is 42.5 Å². The average Bonchev–Trinajstić information content (AvgIpc) is 3.02. The Balaban J connectivity index is 1.53. The number of ether oxygens (including phenoxy) is 1. The molecule has 3 aromatic rings. The molecule has 1 atom stereocenters. The number of thioether (sulfide) groups is 1. The van der Waals surface area contributed by atoms with Crippen molar-refractivity contribution in [3.63, 3.8) is 0 Å². The fourth-order valence-corrected chi connectivity index (χ4v) is 4.22. The number of amides is 2. The summed E-state index contributed by atoms with van der Waals surface area (Å²) < 4.78 is 6.19. The Morgan fingerprint density at radius 3 is 2.48 bits per heavy atom. The van der Waals surface area contributed by atoms with Gasteiger partial charge in [0.15, 0.2) is 0 Å². The number of nitrogens with zero attached hydrogens (tertiary/aromatic N) is 3. The minimum absolute atomic E-state index is 0.0305. The zero-order valence-corrected chi connectivity index (χ0v) is 19.4. The molecule has 2 amide bonds. The van der Waals surface area contributed by atoms with Crippen LogP contribution >= 0.6 is 11.8 Å². The fraction of sp³-hybridized carbons (Fsp3) is 0.269. The average molecular weight is 462 g/mol. The van der Waals surface area contributed by atoms with Crippen molar-refractivity contribution >= 4 is 23.6 Å². The van der Waals surface area contributed by atoms with Crippen molar-refractivity contribution in [2.75, 3.05) is 25.9 Å². The minimum Gasteiger partial charge on any atom is -0.370 e. The van der Waals surface area contributed by atoms with Gasteiger partial charge in [-0.3, -0.25) is 14.6 Å². The first-order valence-corrected chi connectivity index (χ1v) is 12.1. The first-order chi connectivity index (χ1) is 16.1. The maximum Gasteiger partial charge on any atom is 0.254 e. The number of rotatable bonds is 7. The van der Waals surface area contributed by atoms with Gasteiger partial charge in [-0.1, -0.05) is 36.4 Å². The van der Waals surface area contributed by atoms with E-state index in [0.29, 0.717) is 31.8 Å². The summed E-state index contributed by atoms with van der Waals surface area (Å²) in [5.41, 5.74) is 2.57. The van der Waals surface area contributed by atoms with Crippen molar-refractivity contribution in [3.8, 4) is 0 Å². The molecule has 1 saturated heterocycles. The summed E-state index contributed by atoms with van der Waals surface area (Å²) in [6.07, 6.45) is 5.17. The van der Waals surface area contributed by atoms with Crippen LogP contribution in [0.4, 0.5) is 0 Å². The summed E-state index contributed by atoms with van der Waals surface area (Å²) in [6, 6.07) is 21.2. The van der Waals surface area contributed by atoms with E-state index in [0.717, 1.165) is 16.0 Å². The Labute approximate surface area is 198 Å². The lowest BCUT2D eigenvalue weighted by atomic mass is 10.2. The maximum absolute atomic E-state index is 13.3. The molecular weight excluding hydrogens is 434 g/mol. The lowest BCUT2D eigenvalue weighted by molar-refractivity contribution is -0.132. The van der Waals surface area contributed by atoms with Crippen LogP contribution in [0, 0.1) is 0 Å². The van der Waals surface area contributed by atoms with Crippen LogP contribution in [0.25, 0.3) is 0 Å². The Hall–Kier alpha value is -3.16. The first-order valence-electron chi connectivity index (χ1n) is 10.9. The topological polar surface area (TPSA) is 62.7 Å². The lowest BCUT2D eigenvalue weighted by Gasteiger charge is -2.25. The summed E-state index contributed by atoms with van der Waals surface area (Å²) in [7, 11) is 0. The van der Waals surface area contributed by atoms with Crippen LogP contribution in [0.2, 0.25) is 0 Å². The van der Waals surface area contributed by atoms with Crippen molar-refractivity contribution in [1.29, 1.82) is 0 Å². The summed E-state index contributed by atoms with van der Waals surface area (Å²) in [5, 5.41) is 0. The van der Waals surface area contributed by atoms with Crippen LogP contribution in [-0.2, 0) is 22.7 Å². The fourth-order valence-electron chi connectivity index (χ4n) is 3.81. The second-order valence-corrected chi connectivity index (χ2v) is 8.85. The molecule has 0 radical (unpaired) electrons. The quantitative estimate of drug-likeness (QED) is 0.500. The van der Waals surface area contributed by atoms with E-state index < -0.39 is 0 Å². The van der Waals surface area contributed by atoms with Gasteiger partial charge < -0.3 is 14.5 Å². The maximum atomic E-state index is 13.3. The SMILES string of the molecule is CSc1ccc(C(=O)N2CC(=O)N(Cc3ccccc3)CC(OCc3cccnc3)C2)cc1. The highest BCUT2D eigenvalue weighted by molar-refractivity contribution is 7.98. The Bertz CT molecular complexity index is 1060. The van der Waals surface area contributed by atoms with Crippen LogP contribution in [0.5, 0.6) is 0 Å². The highest BCUT2D eigenvalue weighted by Gasteiger charge is 2.31. The molecule has 0 aliphatic carbocycles. The molecule has 1 aliphatic rings. The van der Waals surface area contributed by atoms with Crippen molar-refractivity contribution in [1.82, 2.24) is 14.8 Å². The Kier molecular flexibility index (Phi) is 7.75. The molecule has 33 heavy (non-hydrogen) atoms. The zero-order valence-electron chi connectivity index (χ0n) is 18.6. The van der Waals surface area contributed by atoms with Crippen LogP contribution in [0.15, 0.2) is 84.0 Å². The number of benzene rings is 2. The third kappa shape index (κ3) is 6.21. The normalized spacial score (nSPS) is 16.5. The number of carbonyl (C=O) groups is 2. The number of hydrogen-bond acceptors (Lipinski definition) is 5. The first kappa shape index (κ1) is 23.0. The predicted molar refractivity (Wildman–Crippen MR) is 129 cm³/mol. The van der Waals surface area contributed by atoms with Crippen LogP contribution in [0.1, 0.15) is 21.5 Å². The molecule has 2 aromatic carbocycles. The summed E-state index contributed by atoms with van der Waals surface area (Å²) >= 11 is 1.62. The molecule has 7 heteroatoms. The van der Waals surface area contributed by atoms with Gasteiger partial charge in [0.25, 0.3) is 5.91 Å². The molecule has 0 saturated carbocycles. The Morgan fingerprint density at radius 2 is 1.79 bits per heavy atom. The van der Waals surface area contributed by atoms with Crippen molar-refractivity contribution in [2.45, 2.75) is 24.2 Å². The van der Waals surface area contributed by atoms with E-state index in [9.17, 15) is 9.59 Å². The van der Waals surface area contributed by atoms with E-state index in [2.05, 4.69) is 4.98 Å². The van der Waals surface area contributed by atoms with E-state index in [1.54, 1.807) is 34.0 Å². The number of carbonyl (C=O) groups excluding carboxylic acids is 2. The number of pyridine rings is 1. The van der Waals surface area contributed by atoms with Gasteiger partial charge in [-0.2, -0.15) is 0 Å². The smallest absolute Gasteiger partial charge is 0.254 e. The third-order valence-corrected chi connectivity index (χ3v) is 6.32. The molecule has 4 rings (SSSR count). The highest BCUT2D eigenvalue weighted by atomic mass is 32.2. The highest BCUT2D eigenvalue weighted by Crippen LogP contribution is 2.19. The van der Waals surface area contributed by atoms with Crippen LogP contribution in [0.3, 0.4) is 0 Å². The molecule has 1 unspecified atom stereocenters. The molecule has 170 valence electrons. The summed E-state index contributed by atoms with van der Waals surface area (Å²) in [6.45, 7) is 1.65. The number of aromatic nitrogens is 1. The zero-order chi connectivity index (χ0) is 23.0. The van der Waals surface area contributed by atoms with Crippen molar-refractivity contribution in [2.24, 2.45) is 0 Å². The van der Waals surface area contributed by atoms with Crippen molar-refractivity contribution in [3.05, 3.63) is 95.8 Å². The summed E-state index contributed by atoms with van der Waals surface area (Å²) in [4.78, 5) is 35.0. The standard InChI is InChI=1S/C26H27N3O3S/c1-33-24-11-9-22(10-12-24)26(31)29-17-23(32-19-21-8-5-13-27-14-21)16-28(25(30)18-29)15-20-6-3-2-4-7-20/h2-14,23H,15-19H2,1H3. The van der Waals surface area contributed by atoms with E-state index >= 15 is 0 Å². The number of hydrogen-bond donors (Lipinski definition) is 0. The third-order valence-electron chi connectivity index (χ3n) is 5.58. The second-order valence-electron chi connectivity index (χ2n) is 7.97. The van der Waals surface area contributed by atoms with Gasteiger partial charge in [0.1, 0.15) is 6.54 Å². The van der Waals surface area contributed by atoms with E-state index in [1.807, 2.05) is 73.0 Å². The van der Waals surface area contributed by atoms with Gasteiger partial charge in [0.2, 0.25) is 5.91 Å². The van der Waals surface area contributed by atoms with Gasteiger partial charge >= 0.3 is 0 Å². The molecule has 0 N–H and O–H groups in total. The molecule has 1 fully saturated rings.